The summed E-state index contributed by atoms with van der Waals surface area (Å²) in [7, 11) is 4.35. The van der Waals surface area contributed by atoms with Crippen molar-refractivity contribution >= 4 is 33.2 Å². The molecule has 0 amide bonds. The van der Waals surface area contributed by atoms with E-state index in [1.807, 2.05) is 0 Å². The molecule has 0 saturated heterocycles. The second-order valence-corrected chi connectivity index (χ2v) is 9.01. The number of aromatic nitrogens is 3. The van der Waals surface area contributed by atoms with Crippen LogP contribution in [0.1, 0.15) is 33.4 Å². The maximum atomic E-state index is 13.5. The molecule has 35 heavy (non-hydrogen) atoms. The number of pyridine rings is 1. The van der Waals surface area contributed by atoms with Crippen molar-refractivity contribution in [2.24, 2.45) is 7.05 Å². The van der Waals surface area contributed by atoms with E-state index in [-0.39, 0.29) is 35.0 Å². The lowest BCUT2D eigenvalue weighted by molar-refractivity contribution is 0.0972. The molecule has 11 heteroatoms. The predicted molar refractivity (Wildman–Crippen MR) is 132 cm³/mol. The minimum atomic E-state index is -0.714. The maximum absolute atomic E-state index is 13.5. The van der Waals surface area contributed by atoms with E-state index in [1.165, 1.54) is 30.1 Å². The third-order valence-electron chi connectivity index (χ3n) is 5.67. The third-order valence-corrected chi connectivity index (χ3v) is 6.44. The van der Waals surface area contributed by atoms with Crippen LogP contribution in [-0.2, 0) is 7.05 Å². The van der Waals surface area contributed by atoms with Gasteiger partial charge in [-0.3, -0.25) is 9.59 Å². The quantitative estimate of drug-likeness (QED) is 0.313. The van der Waals surface area contributed by atoms with Gasteiger partial charge in [-0.25, -0.2) is 0 Å². The molecule has 0 fully saturated rings. The van der Waals surface area contributed by atoms with Crippen LogP contribution >= 0.6 is 11.3 Å². The summed E-state index contributed by atoms with van der Waals surface area (Å²) >= 11 is 1.30. The lowest BCUT2D eigenvalue weighted by Crippen LogP contribution is -2.26. The van der Waals surface area contributed by atoms with Crippen LogP contribution in [0.15, 0.2) is 41.2 Å². The van der Waals surface area contributed by atoms with E-state index >= 15 is 0 Å². The minimum absolute atomic E-state index is 0.150. The highest BCUT2D eigenvalue weighted by atomic mass is 32.1. The molecule has 3 N–H and O–H groups in total. The standard InChI is InChI=1S/C24H24N4O6S/c1-12-26-27-24(35-12)25-15(13-9-18(33-3)22(31)19(10-13)34-4)11-17(29)20-21(30)14-7-5-6-8-16(14)28(2)23(20)32/h5-10,15,30-31H,11H2,1-4H3,(H,25,27). The Morgan fingerprint density at radius 3 is 2.37 bits per heavy atom. The molecule has 2 aromatic carbocycles. The number of anilines is 1. The number of aryl methyl sites for hydroxylation is 2. The normalized spacial score (nSPS) is 11.9. The number of ketones is 1. The first-order valence-electron chi connectivity index (χ1n) is 10.6. The summed E-state index contributed by atoms with van der Waals surface area (Å²) in [6, 6.07) is 9.23. The van der Waals surface area contributed by atoms with Crippen molar-refractivity contribution < 1.29 is 24.5 Å². The Labute approximate surface area is 204 Å². The highest BCUT2D eigenvalue weighted by molar-refractivity contribution is 7.15. The molecule has 4 aromatic rings. The Morgan fingerprint density at radius 2 is 1.77 bits per heavy atom. The van der Waals surface area contributed by atoms with Crippen molar-refractivity contribution in [1.29, 1.82) is 0 Å². The zero-order valence-corrected chi connectivity index (χ0v) is 20.3. The predicted octanol–water partition coefficient (Wildman–Crippen LogP) is 3.55. The van der Waals surface area contributed by atoms with Gasteiger partial charge in [-0.05, 0) is 36.8 Å². The van der Waals surface area contributed by atoms with Crippen molar-refractivity contribution in [3.63, 3.8) is 0 Å². The van der Waals surface area contributed by atoms with Crippen LogP contribution in [0.2, 0.25) is 0 Å². The summed E-state index contributed by atoms with van der Waals surface area (Å²) in [6.45, 7) is 1.80. The van der Waals surface area contributed by atoms with Gasteiger partial charge in [0.05, 0.1) is 25.8 Å². The highest BCUT2D eigenvalue weighted by Gasteiger charge is 2.27. The monoisotopic (exact) mass is 496 g/mol. The number of fused-ring (bicyclic) bond motifs is 1. The molecule has 2 aromatic heterocycles. The second-order valence-electron chi connectivity index (χ2n) is 7.83. The highest BCUT2D eigenvalue weighted by Crippen LogP contribution is 2.40. The number of aromatic hydroxyl groups is 2. The van der Waals surface area contributed by atoms with E-state index in [0.29, 0.717) is 21.6 Å². The Bertz CT molecular complexity index is 1450. The van der Waals surface area contributed by atoms with Gasteiger partial charge in [0.1, 0.15) is 16.3 Å². The number of benzene rings is 2. The Morgan fingerprint density at radius 1 is 1.11 bits per heavy atom. The number of nitrogens with zero attached hydrogens (tertiary/aromatic N) is 3. The topological polar surface area (TPSA) is 136 Å². The number of Topliss-reactive ketones (excluding diaryl/α,β-unsaturated/α-hetero) is 1. The van der Waals surface area contributed by atoms with Crippen molar-refractivity contribution in [3.05, 3.63) is 62.9 Å². The zero-order chi connectivity index (χ0) is 25.3. The number of hydrogen-bond donors (Lipinski definition) is 3. The van der Waals surface area contributed by atoms with Crippen LogP contribution in [-0.4, -0.2) is 45.0 Å². The van der Waals surface area contributed by atoms with E-state index in [9.17, 15) is 19.8 Å². The number of methoxy groups -OCH3 is 2. The van der Waals surface area contributed by atoms with Gasteiger partial charge in [0, 0.05) is 18.9 Å². The van der Waals surface area contributed by atoms with Gasteiger partial charge in [0.25, 0.3) is 5.56 Å². The molecule has 0 aliphatic rings. The average Bonchev–Trinajstić information content (AvgIpc) is 3.27. The number of ether oxygens (including phenoxy) is 2. The van der Waals surface area contributed by atoms with Crippen molar-refractivity contribution in [3.8, 4) is 23.0 Å². The van der Waals surface area contributed by atoms with Gasteiger partial charge in [-0.1, -0.05) is 23.5 Å². The van der Waals surface area contributed by atoms with Gasteiger partial charge in [-0.2, -0.15) is 0 Å². The zero-order valence-electron chi connectivity index (χ0n) is 19.5. The van der Waals surface area contributed by atoms with E-state index < -0.39 is 17.4 Å². The molecule has 0 aliphatic heterocycles. The second kappa shape index (κ2) is 9.63. The molecule has 0 bridgehead atoms. The summed E-state index contributed by atoms with van der Waals surface area (Å²) in [5, 5.41) is 34.0. The van der Waals surface area contributed by atoms with Crippen molar-refractivity contribution in [1.82, 2.24) is 14.8 Å². The van der Waals surface area contributed by atoms with E-state index in [2.05, 4.69) is 15.5 Å². The first-order valence-corrected chi connectivity index (χ1v) is 11.4. The average molecular weight is 497 g/mol. The molecule has 0 aliphatic carbocycles. The van der Waals surface area contributed by atoms with Crippen LogP contribution in [0.4, 0.5) is 5.13 Å². The first-order chi connectivity index (χ1) is 16.7. The SMILES string of the molecule is COc1cc(C(CC(=O)c2c(O)c3ccccc3n(C)c2=O)Nc2nnc(C)s2)cc(OC)c1O. The van der Waals surface area contributed by atoms with Crippen LogP contribution in [0.25, 0.3) is 10.9 Å². The van der Waals surface area contributed by atoms with Gasteiger partial charge in [-0.15, -0.1) is 10.2 Å². The van der Waals surface area contributed by atoms with Crippen LogP contribution in [0, 0.1) is 6.92 Å². The molecule has 0 saturated carbocycles. The molecule has 2 heterocycles. The fourth-order valence-corrected chi connectivity index (χ4v) is 4.53. The summed E-state index contributed by atoms with van der Waals surface area (Å²) in [6.07, 6.45) is -0.211. The van der Waals surface area contributed by atoms with Crippen molar-refractivity contribution in [2.75, 3.05) is 19.5 Å². The van der Waals surface area contributed by atoms with E-state index in [1.54, 1.807) is 50.4 Å². The molecule has 0 radical (unpaired) electrons. The van der Waals surface area contributed by atoms with E-state index in [0.717, 1.165) is 5.01 Å². The molecule has 4 rings (SSSR count). The number of carbonyl (C=O) groups is 1. The van der Waals surface area contributed by atoms with Crippen molar-refractivity contribution in [2.45, 2.75) is 19.4 Å². The van der Waals surface area contributed by atoms with E-state index in [4.69, 9.17) is 9.47 Å². The number of carbonyl (C=O) groups excluding carboxylic acids is 1. The van der Waals surface area contributed by atoms with Crippen LogP contribution in [0.5, 0.6) is 23.0 Å². The third kappa shape index (κ3) is 4.50. The number of rotatable bonds is 8. The molecule has 0 spiro atoms. The van der Waals surface area contributed by atoms with Gasteiger partial charge in [0.15, 0.2) is 17.3 Å². The molecular formula is C24H24N4O6S. The fraction of sp³-hybridized carbons (Fsp3) is 0.250. The Balaban J connectivity index is 1.80. The molecular weight excluding hydrogens is 472 g/mol. The molecule has 1 atom stereocenters. The molecule has 1 unspecified atom stereocenters. The number of hydrogen-bond acceptors (Lipinski definition) is 10. The van der Waals surface area contributed by atoms with Gasteiger partial charge < -0.3 is 29.6 Å². The van der Waals surface area contributed by atoms with Gasteiger partial charge >= 0.3 is 0 Å². The molecule has 182 valence electrons. The minimum Gasteiger partial charge on any atom is -0.506 e. The smallest absolute Gasteiger partial charge is 0.265 e. The summed E-state index contributed by atoms with van der Waals surface area (Å²) in [5.41, 5.74) is 0.148. The first kappa shape index (κ1) is 24.0. The molecule has 10 nitrogen and oxygen atoms in total. The number of nitrogens with one attached hydrogen (secondary N) is 1. The number of phenolic OH excluding ortho intramolecular Hbond substituents is 1. The number of para-hydroxylation sites is 1. The summed E-state index contributed by atoms with van der Waals surface area (Å²) < 4.78 is 11.9. The lowest BCUT2D eigenvalue weighted by Gasteiger charge is -2.20. The Kier molecular flexibility index (Phi) is 6.61. The van der Waals surface area contributed by atoms with Crippen LogP contribution < -0.4 is 20.3 Å². The van der Waals surface area contributed by atoms with Crippen LogP contribution in [0.3, 0.4) is 0 Å². The number of phenols is 1. The fourth-order valence-electron chi connectivity index (χ4n) is 3.89. The largest absolute Gasteiger partial charge is 0.506 e. The Hall–Kier alpha value is -4.12. The maximum Gasteiger partial charge on any atom is 0.265 e. The summed E-state index contributed by atoms with van der Waals surface area (Å²) in [5.74, 6) is -0.816. The van der Waals surface area contributed by atoms with Gasteiger partial charge in [0.2, 0.25) is 10.9 Å². The summed E-state index contributed by atoms with van der Waals surface area (Å²) in [4.78, 5) is 26.5. The lowest BCUT2D eigenvalue weighted by atomic mass is 9.96.